The quantitative estimate of drug-likeness (QED) is 0.574. The summed E-state index contributed by atoms with van der Waals surface area (Å²) in [6.45, 7) is 2.01. The molecule has 0 aromatic carbocycles. The number of pyridine rings is 1. The molecule has 0 saturated heterocycles. The van der Waals surface area contributed by atoms with Crippen LogP contribution in [-0.2, 0) is 6.42 Å². The zero-order valence-electron chi connectivity index (χ0n) is 12.7. The van der Waals surface area contributed by atoms with Crippen molar-refractivity contribution in [3.05, 3.63) is 23.4 Å². The van der Waals surface area contributed by atoms with Crippen LogP contribution in [0.5, 0.6) is 0 Å². The number of nitrogens with one attached hydrogen (secondary N) is 2. The van der Waals surface area contributed by atoms with Gasteiger partial charge in [0.25, 0.3) is 5.91 Å². The predicted octanol–water partition coefficient (Wildman–Crippen LogP) is 2.33. The smallest absolute Gasteiger partial charge is 0.251 e. The van der Waals surface area contributed by atoms with Gasteiger partial charge in [0.15, 0.2) is 0 Å². The second kappa shape index (κ2) is 7.66. The minimum absolute atomic E-state index is 0.0313. The van der Waals surface area contributed by atoms with Gasteiger partial charge >= 0.3 is 0 Å². The first kappa shape index (κ1) is 16.1. The zero-order chi connectivity index (χ0) is 15.2. The molecule has 21 heavy (non-hydrogen) atoms. The number of hydrazine groups is 1. The van der Waals surface area contributed by atoms with E-state index in [2.05, 4.69) is 22.0 Å². The first-order chi connectivity index (χ1) is 10.2. The van der Waals surface area contributed by atoms with Gasteiger partial charge in [-0.2, -0.15) is 11.8 Å². The molecule has 6 heteroatoms. The number of nitrogen functional groups attached to an aromatic ring is 1. The molecule has 1 saturated carbocycles. The highest BCUT2D eigenvalue weighted by Gasteiger charge is 2.22. The number of nitrogens with two attached hydrogens (primary N) is 1. The Morgan fingerprint density at radius 3 is 2.67 bits per heavy atom. The second-order valence-electron chi connectivity index (χ2n) is 5.41. The highest BCUT2D eigenvalue weighted by Crippen LogP contribution is 2.27. The van der Waals surface area contributed by atoms with Crippen LogP contribution in [0.15, 0.2) is 12.1 Å². The van der Waals surface area contributed by atoms with Crippen molar-refractivity contribution < 1.29 is 4.79 Å². The van der Waals surface area contributed by atoms with Gasteiger partial charge < -0.3 is 10.7 Å². The van der Waals surface area contributed by atoms with Crippen molar-refractivity contribution in [2.45, 2.75) is 50.3 Å². The second-order valence-corrected chi connectivity index (χ2v) is 6.55. The van der Waals surface area contributed by atoms with Crippen molar-refractivity contribution in [2.75, 3.05) is 11.7 Å². The molecular formula is C15H24N4OS. The van der Waals surface area contributed by atoms with Gasteiger partial charge in [-0.1, -0.05) is 6.92 Å². The lowest BCUT2D eigenvalue weighted by Crippen LogP contribution is -2.38. The van der Waals surface area contributed by atoms with Crippen LogP contribution in [0.25, 0.3) is 0 Å². The summed E-state index contributed by atoms with van der Waals surface area (Å²) in [5, 5.41) is 3.89. The Kier molecular flexibility index (Phi) is 5.87. The molecule has 1 heterocycles. The fourth-order valence-electron chi connectivity index (χ4n) is 2.69. The van der Waals surface area contributed by atoms with Gasteiger partial charge in [0.05, 0.1) is 0 Å². The summed E-state index contributed by atoms with van der Waals surface area (Å²) < 4.78 is 0. The van der Waals surface area contributed by atoms with Crippen molar-refractivity contribution >= 4 is 23.5 Å². The van der Waals surface area contributed by atoms with E-state index in [9.17, 15) is 4.79 Å². The number of carbonyl (C=O) groups excluding carboxylic acids is 1. The van der Waals surface area contributed by atoms with Crippen LogP contribution in [0.2, 0.25) is 0 Å². The average Bonchev–Trinajstić information content (AvgIpc) is 2.54. The van der Waals surface area contributed by atoms with E-state index in [0.29, 0.717) is 11.4 Å². The molecule has 0 bridgehead atoms. The van der Waals surface area contributed by atoms with Crippen molar-refractivity contribution in [3.8, 4) is 0 Å². The molecule has 1 aliphatic carbocycles. The maximum Gasteiger partial charge on any atom is 0.251 e. The molecule has 1 aromatic heterocycles. The molecule has 5 nitrogen and oxygen atoms in total. The van der Waals surface area contributed by atoms with E-state index in [4.69, 9.17) is 5.84 Å². The van der Waals surface area contributed by atoms with Crippen LogP contribution in [0, 0.1) is 0 Å². The van der Waals surface area contributed by atoms with Crippen LogP contribution in [-0.4, -0.2) is 28.4 Å². The fourth-order valence-corrected chi connectivity index (χ4v) is 3.43. The molecule has 0 atom stereocenters. The number of aryl methyl sites for hydroxylation is 1. The van der Waals surface area contributed by atoms with Crippen LogP contribution in [0.3, 0.4) is 0 Å². The molecule has 0 spiro atoms. The van der Waals surface area contributed by atoms with Gasteiger partial charge in [-0.3, -0.25) is 4.79 Å². The monoisotopic (exact) mass is 308 g/mol. The Bertz CT molecular complexity index is 464. The van der Waals surface area contributed by atoms with Gasteiger partial charge in [-0.25, -0.2) is 10.8 Å². The average molecular weight is 308 g/mol. The van der Waals surface area contributed by atoms with Gasteiger partial charge in [-0.15, -0.1) is 0 Å². The number of rotatable bonds is 5. The van der Waals surface area contributed by atoms with E-state index < -0.39 is 0 Å². The number of nitrogens with zero attached hydrogens (tertiary/aromatic N) is 1. The topological polar surface area (TPSA) is 80.0 Å². The maximum absolute atomic E-state index is 12.4. The Labute approximate surface area is 130 Å². The molecule has 1 aliphatic rings. The van der Waals surface area contributed by atoms with E-state index in [1.807, 2.05) is 24.8 Å². The van der Waals surface area contributed by atoms with Crippen LogP contribution < -0.4 is 16.6 Å². The molecule has 1 fully saturated rings. The molecule has 2 rings (SSSR count). The van der Waals surface area contributed by atoms with Crippen molar-refractivity contribution in [1.29, 1.82) is 0 Å². The lowest BCUT2D eigenvalue weighted by Gasteiger charge is -2.28. The largest absolute Gasteiger partial charge is 0.349 e. The first-order valence-corrected chi connectivity index (χ1v) is 8.76. The van der Waals surface area contributed by atoms with Gasteiger partial charge in [0.1, 0.15) is 5.82 Å². The Hall–Kier alpha value is -1.27. The van der Waals surface area contributed by atoms with Gasteiger partial charge in [-0.05, 0) is 50.5 Å². The minimum atomic E-state index is -0.0313. The predicted molar refractivity (Wildman–Crippen MR) is 88.5 cm³/mol. The fraction of sp³-hybridized carbons (Fsp3) is 0.600. The third-order valence-corrected chi connectivity index (χ3v) is 5.13. The van der Waals surface area contributed by atoms with Crippen LogP contribution in [0.4, 0.5) is 5.82 Å². The van der Waals surface area contributed by atoms with E-state index in [1.54, 1.807) is 6.07 Å². The van der Waals surface area contributed by atoms with Crippen molar-refractivity contribution in [2.24, 2.45) is 5.84 Å². The molecule has 1 amide bonds. The molecule has 1 aromatic rings. The van der Waals surface area contributed by atoms with Gasteiger partial charge in [0.2, 0.25) is 0 Å². The lowest BCUT2D eigenvalue weighted by molar-refractivity contribution is 0.0928. The summed E-state index contributed by atoms with van der Waals surface area (Å²) in [4.78, 5) is 16.7. The third kappa shape index (κ3) is 4.35. The molecule has 0 radical (unpaired) electrons. The Balaban J connectivity index is 2.00. The zero-order valence-corrected chi connectivity index (χ0v) is 13.5. The normalized spacial score (nSPS) is 21.9. The first-order valence-electron chi connectivity index (χ1n) is 7.47. The van der Waals surface area contributed by atoms with Gasteiger partial charge in [0, 0.05) is 22.5 Å². The maximum atomic E-state index is 12.4. The standard InChI is InChI=1S/C15H24N4OS/c1-3-11-8-10(9-14(17-11)19-16)15(20)18-12-4-6-13(21-2)7-5-12/h8-9,12-13H,3-7,16H2,1-2H3,(H,17,19)(H,18,20). The van der Waals surface area contributed by atoms with E-state index in [-0.39, 0.29) is 11.9 Å². The summed E-state index contributed by atoms with van der Waals surface area (Å²) in [5.41, 5.74) is 4.01. The Morgan fingerprint density at radius 2 is 2.10 bits per heavy atom. The molecule has 4 N–H and O–H groups in total. The molecule has 0 unspecified atom stereocenters. The number of thioether (sulfide) groups is 1. The summed E-state index contributed by atoms with van der Waals surface area (Å²) in [7, 11) is 0. The number of aromatic nitrogens is 1. The van der Waals surface area contributed by atoms with E-state index >= 15 is 0 Å². The highest BCUT2D eigenvalue weighted by molar-refractivity contribution is 7.99. The number of hydrogen-bond donors (Lipinski definition) is 3. The minimum Gasteiger partial charge on any atom is -0.349 e. The third-order valence-electron chi connectivity index (χ3n) is 3.99. The number of anilines is 1. The number of amides is 1. The Morgan fingerprint density at radius 1 is 1.38 bits per heavy atom. The summed E-state index contributed by atoms with van der Waals surface area (Å²) in [6, 6.07) is 3.82. The summed E-state index contributed by atoms with van der Waals surface area (Å²) >= 11 is 1.93. The molecule has 0 aliphatic heterocycles. The summed E-state index contributed by atoms with van der Waals surface area (Å²) in [6.07, 6.45) is 7.41. The number of hydrogen-bond acceptors (Lipinski definition) is 5. The number of carbonyl (C=O) groups is 1. The highest BCUT2D eigenvalue weighted by atomic mass is 32.2. The lowest BCUT2D eigenvalue weighted by atomic mass is 9.94. The van der Waals surface area contributed by atoms with Crippen molar-refractivity contribution in [3.63, 3.8) is 0 Å². The van der Waals surface area contributed by atoms with Crippen molar-refractivity contribution in [1.82, 2.24) is 10.3 Å². The van der Waals surface area contributed by atoms with E-state index in [0.717, 1.165) is 30.2 Å². The van der Waals surface area contributed by atoms with Crippen LogP contribution in [0.1, 0.15) is 48.7 Å². The van der Waals surface area contributed by atoms with Crippen LogP contribution >= 0.6 is 11.8 Å². The SMILES string of the molecule is CCc1cc(C(=O)NC2CCC(SC)CC2)cc(NN)n1. The van der Waals surface area contributed by atoms with E-state index in [1.165, 1.54) is 12.8 Å². The molecular weight excluding hydrogens is 284 g/mol. The molecule has 116 valence electrons. The summed E-state index contributed by atoms with van der Waals surface area (Å²) in [5.74, 6) is 5.91.